The molecule has 0 atom stereocenters. The molecule has 0 bridgehead atoms. The van der Waals surface area contributed by atoms with E-state index in [1.807, 2.05) is 0 Å². The lowest BCUT2D eigenvalue weighted by Gasteiger charge is -2.09. The van der Waals surface area contributed by atoms with Crippen molar-refractivity contribution in [2.45, 2.75) is 6.42 Å². The maximum atomic E-state index is 11.9. The van der Waals surface area contributed by atoms with Crippen LogP contribution in [0.2, 0.25) is 5.02 Å². The van der Waals surface area contributed by atoms with Gasteiger partial charge < -0.3 is 15.5 Å². The van der Waals surface area contributed by atoms with Crippen LogP contribution < -0.4 is 5.32 Å². The van der Waals surface area contributed by atoms with Crippen LogP contribution in [0.1, 0.15) is 15.9 Å². The second-order valence-electron chi connectivity index (χ2n) is 4.35. The Hall–Kier alpha value is -2.53. The molecule has 0 aliphatic carbocycles. The summed E-state index contributed by atoms with van der Waals surface area (Å²) >= 11 is 5.74. The summed E-state index contributed by atoms with van der Waals surface area (Å²) in [5.41, 5.74) is 0.529. The molecule has 2 aromatic rings. The fraction of sp³-hybridized carbons (Fsp3) is 0.0667. The second-order valence-corrected chi connectivity index (χ2v) is 4.79. The van der Waals surface area contributed by atoms with Crippen LogP contribution in [0.15, 0.2) is 42.5 Å². The van der Waals surface area contributed by atoms with Crippen molar-refractivity contribution in [2.24, 2.45) is 0 Å². The third-order valence-electron chi connectivity index (χ3n) is 2.83. The van der Waals surface area contributed by atoms with Crippen LogP contribution >= 0.6 is 11.6 Å². The number of aromatic hydroxyl groups is 1. The minimum atomic E-state index is -1.18. The first kappa shape index (κ1) is 14.9. The molecule has 0 fully saturated rings. The summed E-state index contributed by atoms with van der Waals surface area (Å²) in [5.74, 6) is -1.60. The van der Waals surface area contributed by atoms with Crippen LogP contribution in [0.5, 0.6) is 5.75 Å². The minimum Gasteiger partial charge on any atom is -0.508 e. The molecule has 0 aliphatic rings. The summed E-state index contributed by atoms with van der Waals surface area (Å²) < 4.78 is 0. The Morgan fingerprint density at radius 1 is 1.14 bits per heavy atom. The predicted octanol–water partition coefficient (Wildman–Crippen LogP) is 2.93. The average Bonchev–Trinajstić information content (AvgIpc) is 2.43. The van der Waals surface area contributed by atoms with E-state index in [1.165, 1.54) is 24.3 Å². The van der Waals surface area contributed by atoms with Gasteiger partial charge in [-0.1, -0.05) is 29.8 Å². The summed E-state index contributed by atoms with van der Waals surface area (Å²) in [4.78, 5) is 23.1. The summed E-state index contributed by atoms with van der Waals surface area (Å²) in [6.45, 7) is 0. The van der Waals surface area contributed by atoms with Gasteiger partial charge in [0.2, 0.25) is 5.91 Å². The van der Waals surface area contributed by atoms with Gasteiger partial charge in [0.15, 0.2) is 0 Å². The Morgan fingerprint density at radius 2 is 1.86 bits per heavy atom. The number of phenolic OH excluding ortho intramolecular Hbond substituents is 1. The number of carboxylic acid groups (broad SMARTS) is 1. The molecule has 5 nitrogen and oxygen atoms in total. The Bertz CT molecular complexity index is 700. The number of para-hydroxylation sites is 1. The molecule has 21 heavy (non-hydrogen) atoms. The smallest absolute Gasteiger partial charge is 0.337 e. The van der Waals surface area contributed by atoms with Gasteiger partial charge in [-0.3, -0.25) is 4.79 Å². The summed E-state index contributed by atoms with van der Waals surface area (Å²) in [5, 5.41) is 21.5. The molecule has 2 aromatic carbocycles. The molecule has 0 saturated heterocycles. The maximum absolute atomic E-state index is 11.9. The summed E-state index contributed by atoms with van der Waals surface area (Å²) in [6.07, 6.45) is -0.0612. The van der Waals surface area contributed by atoms with Gasteiger partial charge in [0.25, 0.3) is 0 Å². The van der Waals surface area contributed by atoms with Crippen LogP contribution in [0, 0.1) is 0 Å². The lowest BCUT2D eigenvalue weighted by atomic mass is 10.1. The highest BCUT2D eigenvalue weighted by atomic mass is 35.5. The molecule has 3 N–H and O–H groups in total. The molecule has 2 rings (SSSR count). The largest absolute Gasteiger partial charge is 0.508 e. The van der Waals surface area contributed by atoms with E-state index in [2.05, 4.69) is 5.32 Å². The molecular weight excluding hydrogens is 294 g/mol. The number of carbonyl (C=O) groups excluding carboxylic acids is 1. The maximum Gasteiger partial charge on any atom is 0.337 e. The highest BCUT2D eigenvalue weighted by Crippen LogP contribution is 2.22. The van der Waals surface area contributed by atoms with Crippen LogP contribution in [0.3, 0.4) is 0 Å². The molecule has 0 spiro atoms. The molecule has 108 valence electrons. The highest BCUT2D eigenvalue weighted by Gasteiger charge is 2.14. The standard InChI is InChI=1S/C15H12ClNO4/c16-10-5-6-12(11(8-10)15(20)21)17-14(19)7-9-3-1-2-4-13(9)18/h1-6,8,18H,7H2,(H,17,19)(H,20,21). The van der Waals surface area contributed by atoms with Crippen molar-refractivity contribution in [3.8, 4) is 5.75 Å². The molecule has 0 aromatic heterocycles. The topological polar surface area (TPSA) is 86.6 Å². The summed E-state index contributed by atoms with van der Waals surface area (Å²) in [7, 11) is 0. The van der Waals surface area contributed by atoms with Crippen molar-refractivity contribution >= 4 is 29.2 Å². The van der Waals surface area contributed by atoms with Gasteiger partial charge >= 0.3 is 5.97 Å². The van der Waals surface area contributed by atoms with Crippen LogP contribution in [-0.2, 0) is 11.2 Å². The lowest BCUT2D eigenvalue weighted by molar-refractivity contribution is -0.115. The first-order valence-corrected chi connectivity index (χ1v) is 6.44. The van der Waals surface area contributed by atoms with Crippen molar-refractivity contribution in [1.29, 1.82) is 0 Å². The SMILES string of the molecule is O=C(Cc1ccccc1O)Nc1ccc(Cl)cc1C(=O)O. The second kappa shape index (κ2) is 6.28. The van der Waals surface area contributed by atoms with E-state index in [9.17, 15) is 14.7 Å². The van der Waals surface area contributed by atoms with Crippen LogP contribution in [0.25, 0.3) is 0 Å². The molecule has 6 heteroatoms. The molecule has 0 heterocycles. The molecule has 1 amide bonds. The Balaban J connectivity index is 2.17. The Labute approximate surface area is 125 Å². The number of carbonyl (C=O) groups is 2. The van der Waals surface area contributed by atoms with E-state index >= 15 is 0 Å². The zero-order valence-corrected chi connectivity index (χ0v) is 11.6. The first-order valence-electron chi connectivity index (χ1n) is 6.07. The number of aromatic carboxylic acids is 1. The highest BCUT2D eigenvalue weighted by molar-refractivity contribution is 6.31. The van der Waals surface area contributed by atoms with Gasteiger partial charge in [-0.25, -0.2) is 4.79 Å². The molecule has 0 radical (unpaired) electrons. The van der Waals surface area contributed by atoms with Gasteiger partial charge in [-0.05, 0) is 24.3 Å². The van der Waals surface area contributed by atoms with Crippen molar-refractivity contribution in [2.75, 3.05) is 5.32 Å². The van der Waals surface area contributed by atoms with Crippen molar-refractivity contribution < 1.29 is 19.8 Å². The van der Waals surface area contributed by atoms with Gasteiger partial charge in [0.1, 0.15) is 5.75 Å². The van der Waals surface area contributed by atoms with Crippen LogP contribution in [-0.4, -0.2) is 22.1 Å². The Kier molecular flexibility index (Phi) is 4.45. The van der Waals surface area contributed by atoms with E-state index in [0.29, 0.717) is 5.56 Å². The average molecular weight is 306 g/mol. The number of hydrogen-bond donors (Lipinski definition) is 3. The fourth-order valence-electron chi connectivity index (χ4n) is 1.83. The van der Waals surface area contributed by atoms with Crippen molar-refractivity contribution in [3.63, 3.8) is 0 Å². The molecule has 0 unspecified atom stereocenters. The quantitative estimate of drug-likeness (QED) is 0.810. The normalized spacial score (nSPS) is 10.1. The van der Waals surface area contributed by atoms with E-state index in [1.54, 1.807) is 18.2 Å². The number of benzene rings is 2. The monoisotopic (exact) mass is 305 g/mol. The molecule has 0 aliphatic heterocycles. The number of anilines is 1. The zero-order valence-electron chi connectivity index (χ0n) is 10.8. The number of amides is 1. The third kappa shape index (κ3) is 3.73. The predicted molar refractivity (Wildman–Crippen MR) is 78.9 cm³/mol. The molecule has 0 saturated carbocycles. The van der Waals surface area contributed by atoms with E-state index < -0.39 is 11.9 Å². The number of hydrogen-bond acceptors (Lipinski definition) is 3. The minimum absolute atomic E-state index is 0.0159. The van der Waals surface area contributed by atoms with Crippen molar-refractivity contribution in [3.05, 3.63) is 58.6 Å². The number of rotatable bonds is 4. The van der Waals surface area contributed by atoms with Crippen molar-refractivity contribution in [1.82, 2.24) is 0 Å². The van der Waals surface area contributed by atoms with Gasteiger partial charge in [0.05, 0.1) is 17.7 Å². The van der Waals surface area contributed by atoms with Gasteiger partial charge in [-0.15, -0.1) is 0 Å². The Morgan fingerprint density at radius 3 is 2.52 bits per heavy atom. The number of halogens is 1. The first-order chi connectivity index (χ1) is 9.97. The van der Waals surface area contributed by atoms with E-state index in [0.717, 1.165) is 0 Å². The van der Waals surface area contributed by atoms with E-state index in [4.69, 9.17) is 16.7 Å². The summed E-state index contributed by atoms with van der Waals surface area (Å²) in [6, 6.07) is 10.6. The fourth-order valence-corrected chi connectivity index (χ4v) is 2.00. The lowest BCUT2D eigenvalue weighted by Crippen LogP contribution is -2.16. The number of nitrogens with one attached hydrogen (secondary N) is 1. The van der Waals surface area contributed by atoms with Gasteiger partial charge in [0, 0.05) is 10.6 Å². The number of carboxylic acids is 1. The zero-order chi connectivity index (χ0) is 15.4. The number of phenols is 1. The molecular formula is C15H12ClNO4. The third-order valence-corrected chi connectivity index (χ3v) is 3.06. The van der Waals surface area contributed by atoms with Crippen LogP contribution in [0.4, 0.5) is 5.69 Å². The van der Waals surface area contributed by atoms with Gasteiger partial charge in [-0.2, -0.15) is 0 Å². The van der Waals surface area contributed by atoms with E-state index in [-0.39, 0.29) is 28.4 Å².